The predicted molar refractivity (Wildman–Crippen MR) is 59.3 cm³/mol. The van der Waals surface area contributed by atoms with Crippen LogP contribution < -0.4 is 18.9 Å². The van der Waals surface area contributed by atoms with E-state index in [1.807, 2.05) is 30.3 Å². The van der Waals surface area contributed by atoms with Crippen LogP contribution in [0.3, 0.4) is 0 Å². The van der Waals surface area contributed by atoms with Gasteiger partial charge in [-0.15, -0.1) is 0 Å². The molecule has 0 atom stereocenters. The fraction of sp³-hybridized carbons (Fsp3) is 0.333. The maximum atomic E-state index is 10.6. The van der Waals surface area contributed by atoms with Crippen molar-refractivity contribution in [3.05, 3.63) is 35.9 Å². The van der Waals surface area contributed by atoms with E-state index in [1.54, 1.807) is 0 Å². The minimum atomic E-state index is -1.29. The van der Waals surface area contributed by atoms with Crippen LogP contribution in [-0.2, 0) is 16.0 Å². The standard InChI is InChI=1S/C12H14O4.Li.H/c13-11(14)10(12(15)16)8-4-7-9-5-2-1-3-6-9;;/h1-3,5-6,10H,4,7-8H2,(H,13,14)(H,15,16);;/q;+1;-1. The molecule has 0 amide bonds. The summed E-state index contributed by atoms with van der Waals surface area (Å²) in [4.78, 5) is 21.2. The van der Waals surface area contributed by atoms with E-state index in [0.717, 1.165) is 5.56 Å². The minimum absolute atomic E-state index is 0. The van der Waals surface area contributed by atoms with Crippen LogP contribution in [0.4, 0.5) is 0 Å². The first-order valence-electron chi connectivity index (χ1n) is 5.11. The molecular weight excluding hydrogens is 215 g/mol. The summed E-state index contributed by atoms with van der Waals surface area (Å²) in [5.41, 5.74) is 1.09. The largest absolute Gasteiger partial charge is 1.00 e. The zero-order valence-corrected chi connectivity index (χ0v) is 9.80. The van der Waals surface area contributed by atoms with E-state index in [-0.39, 0.29) is 26.7 Å². The number of carbonyl (C=O) groups is 2. The summed E-state index contributed by atoms with van der Waals surface area (Å²) in [5, 5.41) is 17.3. The molecule has 0 spiro atoms. The Labute approximate surface area is 113 Å². The summed E-state index contributed by atoms with van der Waals surface area (Å²) < 4.78 is 0. The Morgan fingerprint density at radius 1 is 1.12 bits per heavy atom. The Morgan fingerprint density at radius 3 is 2.12 bits per heavy atom. The van der Waals surface area contributed by atoms with Crippen LogP contribution in [0.2, 0.25) is 0 Å². The third kappa shape index (κ3) is 5.57. The first kappa shape index (κ1) is 15.8. The summed E-state index contributed by atoms with van der Waals surface area (Å²) in [6.07, 6.45) is 1.44. The summed E-state index contributed by atoms with van der Waals surface area (Å²) in [5.74, 6) is -3.81. The first-order valence-corrected chi connectivity index (χ1v) is 5.11. The Kier molecular flexibility index (Phi) is 7.36. The van der Waals surface area contributed by atoms with Gasteiger partial charge < -0.3 is 11.6 Å². The maximum Gasteiger partial charge on any atom is 1.00 e. The van der Waals surface area contributed by atoms with Crippen molar-refractivity contribution in [1.82, 2.24) is 0 Å². The van der Waals surface area contributed by atoms with Crippen molar-refractivity contribution in [2.45, 2.75) is 19.3 Å². The third-order valence-corrected chi connectivity index (χ3v) is 2.40. The van der Waals surface area contributed by atoms with Crippen molar-refractivity contribution in [2.75, 3.05) is 0 Å². The molecule has 17 heavy (non-hydrogen) atoms. The SMILES string of the molecule is O=C(O)C(CCCc1ccccc1)C(=O)O.[H-].[Li+]. The molecule has 0 fully saturated rings. The van der Waals surface area contributed by atoms with Gasteiger partial charge in [0.1, 0.15) is 0 Å². The smallest absolute Gasteiger partial charge is 1.00 e. The molecule has 0 unspecified atom stereocenters. The van der Waals surface area contributed by atoms with Gasteiger partial charge in [-0.25, -0.2) is 0 Å². The van der Waals surface area contributed by atoms with Crippen LogP contribution in [-0.4, -0.2) is 22.2 Å². The topological polar surface area (TPSA) is 74.6 Å². The number of carboxylic acids is 2. The number of hydrogen-bond acceptors (Lipinski definition) is 2. The Bertz CT molecular complexity index is 356. The molecule has 5 heteroatoms. The molecule has 1 aromatic carbocycles. The van der Waals surface area contributed by atoms with Crippen molar-refractivity contribution in [1.29, 1.82) is 0 Å². The summed E-state index contributed by atoms with van der Waals surface area (Å²) in [6.45, 7) is 0. The van der Waals surface area contributed by atoms with Crippen LogP contribution in [0, 0.1) is 5.92 Å². The molecule has 0 aliphatic rings. The van der Waals surface area contributed by atoms with Crippen LogP contribution in [0.1, 0.15) is 19.8 Å². The summed E-state index contributed by atoms with van der Waals surface area (Å²) in [6, 6.07) is 9.59. The van der Waals surface area contributed by atoms with Gasteiger partial charge in [0.05, 0.1) is 0 Å². The second-order valence-corrected chi connectivity index (χ2v) is 3.61. The summed E-state index contributed by atoms with van der Waals surface area (Å²) >= 11 is 0. The number of aryl methyl sites for hydroxylation is 1. The second-order valence-electron chi connectivity index (χ2n) is 3.61. The molecule has 0 heterocycles. The van der Waals surface area contributed by atoms with Crippen LogP contribution in [0.25, 0.3) is 0 Å². The van der Waals surface area contributed by atoms with E-state index in [1.165, 1.54) is 0 Å². The van der Waals surface area contributed by atoms with E-state index in [4.69, 9.17) is 10.2 Å². The van der Waals surface area contributed by atoms with Crippen molar-refractivity contribution < 1.29 is 40.1 Å². The number of benzene rings is 1. The van der Waals surface area contributed by atoms with Crippen LogP contribution in [0.15, 0.2) is 30.3 Å². The quantitative estimate of drug-likeness (QED) is 0.481. The molecular formula is C12H15LiO4. The molecule has 0 bridgehead atoms. The monoisotopic (exact) mass is 230 g/mol. The van der Waals surface area contributed by atoms with Gasteiger partial charge in [-0.1, -0.05) is 30.3 Å². The van der Waals surface area contributed by atoms with E-state index < -0.39 is 17.9 Å². The van der Waals surface area contributed by atoms with Gasteiger partial charge in [0.15, 0.2) is 5.92 Å². The molecule has 0 saturated carbocycles. The Balaban J connectivity index is 0. The Morgan fingerprint density at radius 2 is 1.65 bits per heavy atom. The average molecular weight is 230 g/mol. The maximum absolute atomic E-state index is 10.6. The fourth-order valence-electron chi connectivity index (χ4n) is 1.51. The number of aliphatic carboxylic acids is 2. The molecule has 4 nitrogen and oxygen atoms in total. The molecule has 1 aromatic rings. The average Bonchev–Trinajstić information content (AvgIpc) is 2.24. The van der Waals surface area contributed by atoms with E-state index in [9.17, 15) is 9.59 Å². The number of hydrogen-bond donors (Lipinski definition) is 2. The molecule has 0 aliphatic carbocycles. The van der Waals surface area contributed by atoms with Crippen LogP contribution >= 0.6 is 0 Å². The van der Waals surface area contributed by atoms with Gasteiger partial charge in [0, 0.05) is 0 Å². The van der Waals surface area contributed by atoms with Gasteiger partial charge in [-0.05, 0) is 24.8 Å². The third-order valence-electron chi connectivity index (χ3n) is 2.40. The Hall–Kier alpha value is -1.24. The normalized spacial score (nSPS) is 9.71. The molecule has 0 saturated heterocycles. The molecule has 88 valence electrons. The van der Waals surface area contributed by atoms with Gasteiger partial charge in [-0.3, -0.25) is 9.59 Å². The van der Waals surface area contributed by atoms with Crippen LogP contribution in [0.5, 0.6) is 0 Å². The van der Waals surface area contributed by atoms with Gasteiger partial charge in [0.2, 0.25) is 0 Å². The van der Waals surface area contributed by atoms with E-state index in [2.05, 4.69) is 0 Å². The van der Waals surface area contributed by atoms with E-state index >= 15 is 0 Å². The van der Waals surface area contributed by atoms with Crippen molar-refractivity contribution >= 4 is 11.9 Å². The first-order chi connectivity index (χ1) is 7.61. The molecule has 0 aliphatic heterocycles. The van der Waals surface area contributed by atoms with Crippen molar-refractivity contribution in [3.63, 3.8) is 0 Å². The van der Waals surface area contributed by atoms with E-state index in [0.29, 0.717) is 12.8 Å². The van der Waals surface area contributed by atoms with Gasteiger partial charge >= 0.3 is 30.8 Å². The minimum Gasteiger partial charge on any atom is -1.00 e. The predicted octanol–water partition coefficient (Wildman–Crippen LogP) is -1.09. The van der Waals surface area contributed by atoms with Crippen molar-refractivity contribution in [2.24, 2.45) is 5.92 Å². The van der Waals surface area contributed by atoms with Gasteiger partial charge in [-0.2, -0.15) is 0 Å². The fourth-order valence-corrected chi connectivity index (χ4v) is 1.51. The van der Waals surface area contributed by atoms with Gasteiger partial charge in [0.25, 0.3) is 0 Å². The summed E-state index contributed by atoms with van der Waals surface area (Å²) in [7, 11) is 0. The number of carboxylic acid groups (broad SMARTS) is 2. The number of rotatable bonds is 6. The zero-order chi connectivity index (χ0) is 12.0. The molecule has 2 N–H and O–H groups in total. The zero-order valence-electron chi connectivity index (χ0n) is 10.8. The molecule has 1 rings (SSSR count). The van der Waals surface area contributed by atoms with Crippen molar-refractivity contribution in [3.8, 4) is 0 Å². The second kappa shape index (κ2) is 7.94. The molecule has 0 radical (unpaired) electrons. The molecule has 0 aromatic heterocycles.